The maximum atomic E-state index is 12.3. The second-order valence-corrected chi connectivity index (χ2v) is 7.17. The van der Waals surface area contributed by atoms with Crippen molar-refractivity contribution in [3.8, 4) is 9.88 Å². The van der Waals surface area contributed by atoms with Gasteiger partial charge in [-0.05, 0) is 37.1 Å². The molecule has 2 aromatic rings. The number of hydrogen-bond acceptors (Lipinski definition) is 5. The van der Waals surface area contributed by atoms with Gasteiger partial charge in [0.2, 0.25) is 0 Å². The number of carbonyl (C=O) groups is 1. The molecule has 0 spiro atoms. The van der Waals surface area contributed by atoms with Crippen LogP contribution in [0.4, 0.5) is 0 Å². The van der Waals surface area contributed by atoms with Gasteiger partial charge >= 0.3 is 0 Å². The molecule has 0 aromatic carbocycles. The Bertz CT molecular complexity index is 604. The lowest BCUT2D eigenvalue weighted by molar-refractivity contribution is 0.0893. The van der Waals surface area contributed by atoms with E-state index in [-0.39, 0.29) is 11.4 Å². The SMILES string of the molecule is CC(CN)(NC(=O)c1csc(-c2cccs2)n1)C1CC1. The van der Waals surface area contributed by atoms with Crippen molar-refractivity contribution in [2.75, 3.05) is 6.54 Å². The molecule has 1 unspecified atom stereocenters. The molecule has 106 valence electrons. The van der Waals surface area contributed by atoms with Crippen LogP contribution in [0.5, 0.6) is 0 Å². The minimum Gasteiger partial charge on any atom is -0.344 e. The van der Waals surface area contributed by atoms with E-state index in [0.717, 1.165) is 22.7 Å². The highest BCUT2D eigenvalue weighted by atomic mass is 32.1. The lowest BCUT2D eigenvalue weighted by Gasteiger charge is -2.29. The number of aromatic nitrogens is 1. The average molecular weight is 307 g/mol. The molecule has 1 atom stereocenters. The third kappa shape index (κ3) is 2.63. The minimum atomic E-state index is -0.302. The van der Waals surface area contributed by atoms with E-state index in [1.165, 1.54) is 11.3 Å². The van der Waals surface area contributed by atoms with Gasteiger partial charge in [-0.25, -0.2) is 4.98 Å². The van der Waals surface area contributed by atoms with Crippen LogP contribution in [0.15, 0.2) is 22.9 Å². The average Bonchev–Trinajstić information content (AvgIpc) is 2.97. The lowest BCUT2D eigenvalue weighted by atomic mass is 9.96. The third-order valence-corrected chi connectivity index (χ3v) is 5.65. The van der Waals surface area contributed by atoms with E-state index in [2.05, 4.69) is 10.3 Å². The Morgan fingerprint density at radius 2 is 2.35 bits per heavy atom. The van der Waals surface area contributed by atoms with Gasteiger partial charge in [-0.1, -0.05) is 6.07 Å². The third-order valence-electron chi connectivity index (χ3n) is 3.77. The number of nitrogens with zero attached hydrogens (tertiary/aromatic N) is 1. The summed E-state index contributed by atoms with van der Waals surface area (Å²) in [6.07, 6.45) is 2.29. The molecule has 3 N–H and O–H groups in total. The van der Waals surface area contributed by atoms with Crippen LogP contribution in [0, 0.1) is 5.92 Å². The molecule has 4 nitrogen and oxygen atoms in total. The normalized spacial score (nSPS) is 17.7. The smallest absolute Gasteiger partial charge is 0.271 e. The summed E-state index contributed by atoms with van der Waals surface area (Å²) in [5.74, 6) is 0.385. The van der Waals surface area contributed by atoms with Crippen LogP contribution in [0.25, 0.3) is 9.88 Å². The Kier molecular flexibility index (Phi) is 3.62. The Morgan fingerprint density at radius 1 is 1.55 bits per heavy atom. The van der Waals surface area contributed by atoms with E-state index < -0.39 is 0 Å². The second kappa shape index (κ2) is 5.27. The molecular formula is C14H17N3OS2. The van der Waals surface area contributed by atoms with Gasteiger partial charge in [-0.2, -0.15) is 0 Å². The van der Waals surface area contributed by atoms with E-state index in [1.54, 1.807) is 11.3 Å². The Hall–Kier alpha value is -1.24. The minimum absolute atomic E-state index is 0.121. The molecule has 1 aliphatic rings. The van der Waals surface area contributed by atoms with Crippen LogP contribution in [-0.4, -0.2) is 23.0 Å². The van der Waals surface area contributed by atoms with Crippen LogP contribution < -0.4 is 11.1 Å². The Morgan fingerprint density at radius 3 is 2.95 bits per heavy atom. The number of rotatable bonds is 5. The summed E-state index contributed by atoms with van der Waals surface area (Å²) in [7, 11) is 0. The molecule has 0 saturated heterocycles. The molecule has 1 amide bonds. The molecule has 0 bridgehead atoms. The fourth-order valence-corrected chi connectivity index (χ4v) is 3.87. The Balaban J connectivity index is 1.74. The number of amides is 1. The number of nitrogens with one attached hydrogen (secondary N) is 1. The van der Waals surface area contributed by atoms with Crippen LogP contribution in [0.1, 0.15) is 30.3 Å². The van der Waals surface area contributed by atoms with Crippen molar-refractivity contribution >= 4 is 28.6 Å². The molecule has 6 heteroatoms. The highest BCUT2D eigenvalue weighted by Gasteiger charge is 2.41. The van der Waals surface area contributed by atoms with Gasteiger partial charge < -0.3 is 11.1 Å². The molecule has 2 heterocycles. The molecule has 3 rings (SSSR count). The first-order valence-corrected chi connectivity index (χ1v) is 8.40. The van der Waals surface area contributed by atoms with Crippen molar-refractivity contribution in [3.05, 3.63) is 28.6 Å². The molecule has 0 aliphatic heterocycles. The van der Waals surface area contributed by atoms with Crippen LogP contribution in [0.2, 0.25) is 0 Å². The van der Waals surface area contributed by atoms with E-state index >= 15 is 0 Å². The summed E-state index contributed by atoms with van der Waals surface area (Å²) < 4.78 is 0. The van der Waals surface area contributed by atoms with Gasteiger partial charge in [0.05, 0.1) is 10.4 Å². The topological polar surface area (TPSA) is 68.0 Å². The first-order chi connectivity index (χ1) is 9.62. The zero-order chi connectivity index (χ0) is 14.2. The summed E-state index contributed by atoms with van der Waals surface area (Å²) in [5, 5.41) is 7.78. The number of carbonyl (C=O) groups excluding carboxylic acids is 1. The number of nitrogens with two attached hydrogens (primary N) is 1. The molecule has 0 radical (unpaired) electrons. The summed E-state index contributed by atoms with van der Waals surface area (Å²) >= 11 is 3.13. The number of thiazole rings is 1. The van der Waals surface area contributed by atoms with Gasteiger partial charge in [-0.15, -0.1) is 22.7 Å². The van der Waals surface area contributed by atoms with Crippen molar-refractivity contribution in [3.63, 3.8) is 0 Å². The highest BCUT2D eigenvalue weighted by Crippen LogP contribution is 2.39. The van der Waals surface area contributed by atoms with Gasteiger partial charge in [-0.3, -0.25) is 4.79 Å². The fraction of sp³-hybridized carbons (Fsp3) is 0.429. The van der Waals surface area contributed by atoms with Gasteiger partial charge in [0.25, 0.3) is 5.91 Å². The molecule has 2 aromatic heterocycles. The highest BCUT2D eigenvalue weighted by molar-refractivity contribution is 7.20. The summed E-state index contributed by atoms with van der Waals surface area (Å²) in [5.41, 5.74) is 6.01. The summed E-state index contributed by atoms with van der Waals surface area (Å²) in [6, 6.07) is 4.00. The molecule has 1 fully saturated rings. The van der Waals surface area contributed by atoms with Crippen LogP contribution >= 0.6 is 22.7 Å². The first-order valence-electron chi connectivity index (χ1n) is 6.64. The summed E-state index contributed by atoms with van der Waals surface area (Å²) in [4.78, 5) is 17.8. The standard InChI is InChI=1S/C14H17N3OS2/c1-14(8-15,9-4-5-9)17-12(18)10-7-20-13(16-10)11-3-2-6-19-11/h2-3,6-7,9H,4-5,8,15H2,1H3,(H,17,18). The zero-order valence-electron chi connectivity index (χ0n) is 11.3. The van der Waals surface area contributed by atoms with Crippen LogP contribution in [-0.2, 0) is 0 Å². The molecular weight excluding hydrogens is 290 g/mol. The largest absolute Gasteiger partial charge is 0.344 e. The quantitative estimate of drug-likeness (QED) is 0.892. The first kappa shape index (κ1) is 13.7. The van der Waals surface area contributed by atoms with E-state index in [4.69, 9.17) is 5.73 Å². The maximum absolute atomic E-state index is 12.3. The fourth-order valence-electron chi connectivity index (χ4n) is 2.26. The summed E-state index contributed by atoms with van der Waals surface area (Å²) in [6.45, 7) is 2.49. The van der Waals surface area contributed by atoms with Gasteiger partial charge in [0, 0.05) is 11.9 Å². The van der Waals surface area contributed by atoms with E-state index in [0.29, 0.717) is 18.2 Å². The maximum Gasteiger partial charge on any atom is 0.271 e. The molecule has 1 aliphatic carbocycles. The van der Waals surface area contributed by atoms with E-state index in [1.807, 2.05) is 29.8 Å². The van der Waals surface area contributed by atoms with Crippen molar-refractivity contribution in [2.24, 2.45) is 11.7 Å². The zero-order valence-corrected chi connectivity index (χ0v) is 12.9. The Labute approximate surface area is 126 Å². The molecule has 20 heavy (non-hydrogen) atoms. The predicted octanol–water partition coefficient (Wildman–Crippen LogP) is 2.73. The van der Waals surface area contributed by atoms with Gasteiger partial charge in [0.15, 0.2) is 0 Å². The van der Waals surface area contributed by atoms with Crippen LogP contribution in [0.3, 0.4) is 0 Å². The number of hydrogen-bond donors (Lipinski definition) is 2. The number of thiophene rings is 1. The lowest BCUT2D eigenvalue weighted by Crippen LogP contribution is -2.53. The van der Waals surface area contributed by atoms with E-state index in [9.17, 15) is 4.79 Å². The van der Waals surface area contributed by atoms with Gasteiger partial charge in [0.1, 0.15) is 10.7 Å². The van der Waals surface area contributed by atoms with Crippen molar-refractivity contribution in [1.82, 2.24) is 10.3 Å². The monoisotopic (exact) mass is 307 g/mol. The second-order valence-electron chi connectivity index (χ2n) is 5.37. The van der Waals surface area contributed by atoms with Crippen molar-refractivity contribution in [1.29, 1.82) is 0 Å². The van der Waals surface area contributed by atoms with Crippen molar-refractivity contribution < 1.29 is 4.79 Å². The predicted molar refractivity (Wildman–Crippen MR) is 83.1 cm³/mol. The molecule has 1 saturated carbocycles. The van der Waals surface area contributed by atoms with Crippen molar-refractivity contribution in [2.45, 2.75) is 25.3 Å².